The minimum absolute atomic E-state index is 0.166. The molecule has 1 aromatic carbocycles. The molecule has 3 aromatic rings. The monoisotopic (exact) mass is 457 g/mol. The number of halogens is 2. The Bertz CT molecular complexity index is 1070. The van der Waals surface area contributed by atoms with Gasteiger partial charge in [0.25, 0.3) is 0 Å². The molecule has 1 saturated carbocycles. The maximum absolute atomic E-state index is 12.9. The average molecular weight is 458 g/mol. The summed E-state index contributed by atoms with van der Waals surface area (Å²) in [5.41, 5.74) is 3.19. The van der Waals surface area contributed by atoms with Gasteiger partial charge in [0, 0.05) is 34.6 Å². The van der Waals surface area contributed by atoms with E-state index in [0.717, 1.165) is 35.7 Å². The van der Waals surface area contributed by atoms with Gasteiger partial charge in [-0.3, -0.25) is 4.79 Å². The fourth-order valence-electron chi connectivity index (χ4n) is 4.67. The minimum atomic E-state index is 0.166. The van der Waals surface area contributed by atoms with Crippen LogP contribution in [0.3, 0.4) is 0 Å². The van der Waals surface area contributed by atoms with Crippen LogP contribution in [0.15, 0.2) is 30.5 Å². The molecule has 164 valence electrons. The fourth-order valence-corrected chi connectivity index (χ4v) is 5.20. The third-order valence-electron chi connectivity index (χ3n) is 6.66. The lowest BCUT2D eigenvalue weighted by Crippen LogP contribution is -2.26. The molecule has 2 heterocycles. The quantitative estimate of drug-likeness (QED) is 0.409. The van der Waals surface area contributed by atoms with E-state index in [9.17, 15) is 4.79 Å². The van der Waals surface area contributed by atoms with E-state index in [2.05, 4.69) is 35.7 Å². The molecule has 0 bridgehead atoms. The van der Waals surface area contributed by atoms with Crippen molar-refractivity contribution in [2.75, 3.05) is 0 Å². The van der Waals surface area contributed by atoms with E-state index in [1.165, 1.54) is 12.8 Å². The normalized spacial score (nSPS) is 19.6. The predicted molar refractivity (Wildman–Crippen MR) is 127 cm³/mol. The van der Waals surface area contributed by atoms with Gasteiger partial charge in [-0.05, 0) is 66.7 Å². The maximum Gasteiger partial charge on any atom is 0.177 e. The van der Waals surface area contributed by atoms with Gasteiger partial charge < -0.3 is 4.98 Å². The highest BCUT2D eigenvalue weighted by atomic mass is 35.5. The molecule has 0 saturated heterocycles. The Labute approximate surface area is 193 Å². The molecular formula is C25H29Cl2N3O. The lowest BCUT2D eigenvalue weighted by molar-refractivity contribution is 0.0917. The van der Waals surface area contributed by atoms with Gasteiger partial charge in [0.15, 0.2) is 11.4 Å². The lowest BCUT2D eigenvalue weighted by atomic mass is 9.69. The summed E-state index contributed by atoms with van der Waals surface area (Å²) in [5.74, 6) is 2.12. The van der Waals surface area contributed by atoms with Crippen LogP contribution in [0, 0.1) is 17.3 Å². The fraction of sp³-hybridized carbons (Fsp3) is 0.480. The first-order valence-electron chi connectivity index (χ1n) is 11.0. The van der Waals surface area contributed by atoms with E-state index in [-0.39, 0.29) is 5.78 Å². The van der Waals surface area contributed by atoms with Crippen molar-refractivity contribution in [3.8, 4) is 0 Å². The van der Waals surface area contributed by atoms with Crippen LogP contribution in [0.25, 0.3) is 11.2 Å². The number of nitrogens with zero attached hydrogens (tertiary/aromatic N) is 2. The topological polar surface area (TPSA) is 58.6 Å². The van der Waals surface area contributed by atoms with E-state index in [1.807, 2.05) is 24.3 Å². The van der Waals surface area contributed by atoms with Crippen molar-refractivity contribution in [2.24, 2.45) is 17.3 Å². The van der Waals surface area contributed by atoms with Crippen molar-refractivity contribution >= 4 is 40.1 Å². The van der Waals surface area contributed by atoms with Crippen molar-refractivity contribution in [3.63, 3.8) is 0 Å². The molecule has 0 amide bonds. The Balaban J connectivity index is 1.44. The van der Waals surface area contributed by atoms with E-state index in [0.29, 0.717) is 45.4 Å². The van der Waals surface area contributed by atoms with Gasteiger partial charge in [-0.25, -0.2) is 9.97 Å². The zero-order chi connectivity index (χ0) is 22.2. The minimum Gasteiger partial charge on any atom is -0.340 e. The van der Waals surface area contributed by atoms with E-state index >= 15 is 0 Å². The van der Waals surface area contributed by atoms with E-state index in [1.54, 1.807) is 6.20 Å². The number of aromatic nitrogens is 3. The van der Waals surface area contributed by atoms with Gasteiger partial charge in [0.05, 0.1) is 5.52 Å². The Hall–Kier alpha value is -1.91. The Morgan fingerprint density at radius 2 is 1.81 bits per heavy atom. The SMILES string of the molecule is CC(C)(C)C1CCC(CC(=O)c2cnc3nc(Cc4c(Cl)cccc4Cl)[nH]c3c2)CC1. The number of pyridine rings is 1. The second kappa shape index (κ2) is 8.91. The highest BCUT2D eigenvalue weighted by Gasteiger charge is 2.30. The molecule has 1 aliphatic carbocycles. The molecule has 2 aromatic heterocycles. The molecule has 4 rings (SSSR count). The number of H-pyrrole nitrogens is 1. The number of hydrogen-bond donors (Lipinski definition) is 1. The van der Waals surface area contributed by atoms with Crippen LogP contribution in [0.5, 0.6) is 0 Å². The zero-order valence-corrected chi connectivity index (χ0v) is 19.9. The van der Waals surface area contributed by atoms with E-state index in [4.69, 9.17) is 23.2 Å². The van der Waals surface area contributed by atoms with Crippen molar-refractivity contribution in [1.82, 2.24) is 15.0 Å². The molecule has 1 fully saturated rings. The van der Waals surface area contributed by atoms with Gasteiger partial charge in [-0.2, -0.15) is 0 Å². The standard InChI is InChI=1S/C25H29Cl2N3O/c1-25(2,3)17-9-7-15(8-10-17)11-22(31)16-12-21-24(28-14-16)30-23(29-21)13-18-19(26)5-4-6-20(18)27/h4-6,12,14-15,17H,7-11,13H2,1-3H3,(H,28,29,30). The van der Waals surface area contributed by atoms with Gasteiger partial charge in [-0.1, -0.05) is 50.0 Å². The molecule has 0 spiro atoms. The van der Waals surface area contributed by atoms with Crippen molar-refractivity contribution < 1.29 is 4.79 Å². The summed E-state index contributed by atoms with van der Waals surface area (Å²) in [4.78, 5) is 25.1. The summed E-state index contributed by atoms with van der Waals surface area (Å²) in [6.07, 6.45) is 7.43. The highest BCUT2D eigenvalue weighted by Crippen LogP contribution is 2.41. The summed E-state index contributed by atoms with van der Waals surface area (Å²) >= 11 is 12.6. The maximum atomic E-state index is 12.9. The lowest BCUT2D eigenvalue weighted by Gasteiger charge is -2.36. The number of nitrogens with one attached hydrogen (secondary N) is 1. The second-order valence-electron chi connectivity index (χ2n) is 9.87. The summed E-state index contributed by atoms with van der Waals surface area (Å²) in [6, 6.07) is 7.32. The average Bonchev–Trinajstić information content (AvgIpc) is 3.12. The Morgan fingerprint density at radius 3 is 2.45 bits per heavy atom. The smallest absolute Gasteiger partial charge is 0.177 e. The summed E-state index contributed by atoms with van der Waals surface area (Å²) in [5, 5.41) is 1.22. The molecule has 0 aliphatic heterocycles. The third-order valence-corrected chi connectivity index (χ3v) is 7.37. The number of carbonyl (C=O) groups excluding carboxylic acids is 1. The van der Waals surface area contributed by atoms with Crippen LogP contribution in [-0.4, -0.2) is 20.7 Å². The van der Waals surface area contributed by atoms with Crippen LogP contribution in [-0.2, 0) is 6.42 Å². The van der Waals surface area contributed by atoms with E-state index < -0.39 is 0 Å². The van der Waals surface area contributed by atoms with Crippen molar-refractivity contribution in [3.05, 3.63) is 57.5 Å². The van der Waals surface area contributed by atoms with Crippen LogP contribution >= 0.6 is 23.2 Å². The second-order valence-corrected chi connectivity index (χ2v) is 10.7. The number of benzene rings is 1. The van der Waals surface area contributed by atoms with Crippen LogP contribution in [0.1, 0.15) is 74.6 Å². The number of fused-ring (bicyclic) bond motifs is 1. The zero-order valence-electron chi connectivity index (χ0n) is 18.3. The predicted octanol–water partition coefficient (Wildman–Crippen LogP) is 7.28. The molecule has 1 aliphatic rings. The first-order valence-corrected chi connectivity index (χ1v) is 11.8. The molecule has 0 unspecified atom stereocenters. The number of carbonyl (C=O) groups is 1. The molecule has 0 radical (unpaired) electrons. The van der Waals surface area contributed by atoms with Gasteiger partial charge in [-0.15, -0.1) is 0 Å². The molecular weight excluding hydrogens is 429 g/mol. The Morgan fingerprint density at radius 1 is 1.13 bits per heavy atom. The molecule has 31 heavy (non-hydrogen) atoms. The third kappa shape index (κ3) is 5.12. The molecule has 4 nitrogen and oxygen atoms in total. The first kappa shape index (κ1) is 22.3. The largest absolute Gasteiger partial charge is 0.340 e. The van der Waals surface area contributed by atoms with Crippen LogP contribution in [0.4, 0.5) is 0 Å². The number of hydrogen-bond acceptors (Lipinski definition) is 3. The van der Waals surface area contributed by atoms with Gasteiger partial charge >= 0.3 is 0 Å². The Kier molecular flexibility index (Phi) is 6.41. The first-order chi connectivity index (χ1) is 14.7. The van der Waals surface area contributed by atoms with Gasteiger partial charge in [0.2, 0.25) is 0 Å². The van der Waals surface area contributed by atoms with Crippen LogP contribution in [0.2, 0.25) is 10.0 Å². The number of aromatic amines is 1. The van der Waals surface area contributed by atoms with Crippen molar-refractivity contribution in [2.45, 2.75) is 59.3 Å². The number of imidazole rings is 1. The number of rotatable bonds is 5. The van der Waals surface area contributed by atoms with Crippen molar-refractivity contribution in [1.29, 1.82) is 0 Å². The summed E-state index contributed by atoms with van der Waals surface area (Å²) in [6.45, 7) is 6.97. The van der Waals surface area contributed by atoms with Gasteiger partial charge in [0.1, 0.15) is 5.82 Å². The summed E-state index contributed by atoms with van der Waals surface area (Å²) in [7, 11) is 0. The highest BCUT2D eigenvalue weighted by molar-refractivity contribution is 6.36. The molecule has 0 atom stereocenters. The number of Topliss-reactive ketones (excluding diaryl/α,β-unsaturated/α-hetero) is 1. The number of ketones is 1. The molecule has 1 N–H and O–H groups in total. The summed E-state index contributed by atoms with van der Waals surface area (Å²) < 4.78 is 0. The van der Waals surface area contributed by atoms with Crippen LogP contribution < -0.4 is 0 Å². The molecule has 6 heteroatoms.